The number of aliphatic imine (C=N–C) groups is 1. The summed E-state index contributed by atoms with van der Waals surface area (Å²) in [7, 11) is 3.63. The van der Waals surface area contributed by atoms with Gasteiger partial charge in [0.1, 0.15) is 17.9 Å². The number of aromatic nitrogens is 3. The van der Waals surface area contributed by atoms with E-state index in [2.05, 4.69) is 31.8 Å². The number of ether oxygens (including phenoxy) is 1. The van der Waals surface area contributed by atoms with E-state index in [4.69, 9.17) is 4.74 Å². The van der Waals surface area contributed by atoms with Crippen LogP contribution in [0.5, 0.6) is 5.75 Å². The minimum atomic E-state index is 0.356. The van der Waals surface area contributed by atoms with Crippen LogP contribution in [0, 0.1) is 0 Å². The third-order valence-electron chi connectivity index (χ3n) is 4.46. The maximum absolute atomic E-state index is 6.19. The molecule has 2 aromatic rings. The van der Waals surface area contributed by atoms with Gasteiger partial charge in [0.05, 0.1) is 12.6 Å². The normalized spacial score (nSPS) is 15.4. The lowest BCUT2D eigenvalue weighted by molar-refractivity contribution is 0.208. The molecule has 1 aromatic carbocycles. The van der Waals surface area contributed by atoms with Crippen LogP contribution in [0.2, 0.25) is 0 Å². The van der Waals surface area contributed by atoms with E-state index in [0.29, 0.717) is 19.2 Å². The fourth-order valence-electron chi connectivity index (χ4n) is 2.99. The van der Waals surface area contributed by atoms with Crippen LogP contribution in [-0.4, -0.2) is 33.9 Å². The summed E-state index contributed by atoms with van der Waals surface area (Å²) < 4.78 is 7.93. The van der Waals surface area contributed by atoms with Gasteiger partial charge >= 0.3 is 0 Å². The standard InChI is InChI=1S/C18H26N6O/c1-19-18(21-12-17-22-13-23-24(17)2)20-11-14-7-3-6-10-16(14)25-15-8-4-5-9-15/h3,6-7,10,13,15H,4-5,8-9,11-12H2,1-2H3,(H2,19,20,21). The van der Waals surface area contributed by atoms with Gasteiger partial charge in [-0.15, -0.1) is 0 Å². The van der Waals surface area contributed by atoms with Crippen LogP contribution in [-0.2, 0) is 20.1 Å². The molecule has 1 aliphatic carbocycles. The summed E-state index contributed by atoms with van der Waals surface area (Å²) in [4.78, 5) is 8.46. The smallest absolute Gasteiger partial charge is 0.191 e. The number of guanidine groups is 1. The largest absolute Gasteiger partial charge is 0.490 e. The Balaban J connectivity index is 1.55. The first-order chi connectivity index (χ1) is 12.3. The van der Waals surface area contributed by atoms with Gasteiger partial charge in [0, 0.05) is 26.2 Å². The molecule has 1 aliphatic rings. The van der Waals surface area contributed by atoms with Crippen molar-refractivity contribution in [2.45, 2.75) is 44.9 Å². The minimum absolute atomic E-state index is 0.356. The van der Waals surface area contributed by atoms with E-state index >= 15 is 0 Å². The Hall–Kier alpha value is -2.57. The molecule has 7 heteroatoms. The summed E-state index contributed by atoms with van der Waals surface area (Å²) >= 11 is 0. The Bertz CT molecular complexity index is 705. The highest BCUT2D eigenvalue weighted by molar-refractivity contribution is 5.79. The fraction of sp³-hybridized carbons (Fsp3) is 0.500. The molecule has 0 unspecified atom stereocenters. The van der Waals surface area contributed by atoms with Gasteiger partial charge in [0.25, 0.3) is 0 Å². The first-order valence-electron chi connectivity index (χ1n) is 8.78. The van der Waals surface area contributed by atoms with Crippen molar-refractivity contribution >= 4 is 5.96 Å². The Morgan fingerprint density at radius 2 is 2.00 bits per heavy atom. The van der Waals surface area contributed by atoms with Crippen LogP contribution in [0.3, 0.4) is 0 Å². The van der Waals surface area contributed by atoms with E-state index in [9.17, 15) is 0 Å². The van der Waals surface area contributed by atoms with Crippen molar-refractivity contribution in [1.82, 2.24) is 25.4 Å². The van der Waals surface area contributed by atoms with E-state index in [1.54, 1.807) is 18.1 Å². The number of hydrogen-bond acceptors (Lipinski definition) is 4. The van der Waals surface area contributed by atoms with Gasteiger partial charge in [-0.1, -0.05) is 18.2 Å². The molecule has 2 N–H and O–H groups in total. The first-order valence-corrected chi connectivity index (χ1v) is 8.78. The highest BCUT2D eigenvalue weighted by atomic mass is 16.5. The molecule has 7 nitrogen and oxygen atoms in total. The number of para-hydroxylation sites is 1. The monoisotopic (exact) mass is 342 g/mol. The van der Waals surface area contributed by atoms with Crippen LogP contribution < -0.4 is 15.4 Å². The molecular formula is C18H26N6O. The number of nitrogens with one attached hydrogen (secondary N) is 2. The zero-order valence-electron chi connectivity index (χ0n) is 14.9. The highest BCUT2D eigenvalue weighted by Crippen LogP contribution is 2.26. The molecule has 0 saturated heterocycles. The van der Waals surface area contributed by atoms with Crippen LogP contribution in [0.25, 0.3) is 0 Å². The van der Waals surface area contributed by atoms with Crippen molar-refractivity contribution in [1.29, 1.82) is 0 Å². The van der Waals surface area contributed by atoms with Gasteiger partial charge in [0.15, 0.2) is 5.96 Å². The molecule has 0 atom stereocenters. The molecule has 1 fully saturated rings. The summed E-state index contributed by atoms with van der Waals surface area (Å²) in [5.74, 6) is 2.54. The predicted molar refractivity (Wildman–Crippen MR) is 97.4 cm³/mol. The molecule has 0 aliphatic heterocycles. The molecule has 0 bridgehead atoms. The van der Waals surface area contributed by atoms with Gasteiger partial charge < -0.3 is 15.4 Å². The van der Waals surface area contributed by atoms with E-state index < -0.39 is 0 Å². The number of benzene rings is 1. The average Bonchev–Trinajstić information content (AvgIpc) is 3.28. The maximum Gasteiger partial charge on any atom is 0.191 e. The number of hydrogen-bond donors (Lipinski definition) is 2. The second-order valence-corrected chi connectivity index (χ2v) is 6.21. The summed E-state index contributed by atoms with van der Waals surface area (Å²) in [5, 5.41) is 10.6. The minimum Gasteiger partial charge on any atom is -0.490 e. The molecule has 3 rings (SSSR count). The summed E-state index contributed by atoms with van der Waals surface area (Å²) in [5.41, 5.74) is 1.14. The van der Waals surface area contributed by atoms with Crippen molar-refractivity contribution in [2.75, 3.05) is 7.05 Å². The average molecular weight is 342 g/mol. The Morgan fingerprint density at radius 1 is 1.24 bits per heavy atom. The molecular weight excluding hydrogens is 316 g/mol. The molecule has 1 heterocycles. The third-order valence-corrected chi connectivity index (χ3v) is 4.46. The van der Waals surface area contributed by atoms with Crippen molar-refractivity contribution in [3.8, 4) is 5.75 Å². The zero-order valence-corrected chi connectivity index (χ0v) is 14.9. The topological polar surface area (TPSA) is 76.4 Å². The van der Waals surface area contributed by atoms with E-state index in [-0.39, 0.29) is 0 Å². The van der Waals surface area contributed by atoms with E-state index in [1.165, 1.54) is 12.8 Å². The van der Waals surface area contributed by atoms with Crippen molar-refractivity contribution in [2.24, 2.45) is 12.0 Å². The Kier molecular flexibility index (Phi) is 5.87. The lowest BCUT2D eigenvalue weighted by Crippen LogP contribution is -2.37. The fourth-order valence-corrected chi connectivity index (χ4v) is 2.99. The van der Waals surface area contributed by atoms with Gasteiger partial charge in [-0.3, -0.25) is 9.67 Å². The zero-order chi connectivity index (χ0) is 17.5. The third kappa shape index (κ3) is 4.71. The van der Waals surface area contributed by atoms with Crippen LogP contribution >= 0.6 is 0 Å². The quantitative estimate of drug-likeness (QED) is 0.620. The SMILES string of the molecule is CN=C(NCc1ccccc1OC1CCCC1)NCc1ncnn1C. The summed E-state index contributed by atoms with van der Waals surface area (Å²) in [6, 6.07) is 8.20. The van der Waals surface area contributed by atoms with Gasteiger partial charge in [-0.2, -0.15) is 5.10 Å². The molecule has 134 valence electrons. The number of aryl methyl sites for hydroxylation is 1. The molecule has 1 saturated carbocycles. The Morgan fingerprint density at radius 3 is 2.72 bits per heavy atom. The molecule has 0 spiro atoms. The van der Waals surface area contributed by atoms with Gasteiger partial charge in [0.2, 0.25) is 0 Å². The van der Waals surface area contributed by atoms with E-state index in [0.717, 1.165) is 35.9 Å². The van der Waals surface area contributed by atoms with E-state index in [1.807, 2.05) is 25.2 Å². The lowest BCUT2D eigenvalue weighted by atomic mass is 10.2. The van der Waals surface area contributed by atoms with Crippen LogP contribution in [0.1, 0.15) is 37.1 Å². The second kappa shape index (κ2) is 8.50. The van der Waals surface area contributed by atoms with Crippen molar-refractivity contribution in [3.63, 3.8) is 0 Å². The first kappa shape index (κ1) is 17.3. The number of rotatable bonds is 6. The Labute approximate surface area is 148 Å². The maximum atomic E-state index is 6.19. The molecule has 0 radical (unpaired) electrons. The predicted octanol–water partition coefficient (Wildman–Crippen LogP) is 2.00. The van der Waals surface area contributed by atoms with Crippen LogP contribution in [0.15, 0.2) is 35.6 Å². The molecule has 25 heavy (non-hydrogen) atoms. The second-order valence-electron chi connectivity index (χ2n) is 6.21. The van der Waals surface area contributed by atoms with Gasteiger partial charge in [-0.25, -0.2) is 4.98 Å². The highest BCUT2D eigenvalue weighted by Gasteiger charge is 2.17. The number of nitrogens with zero attached hydrogens (tertiary/aromatic N) is 4. The summed E-state index contributed by atoms with van der Waals surface area (Å²) in [6.07, 6.45) is 6.75. The lowest BCUT2D eigenvalue weighted by Gasteiger charge is -2.17. The summed E-state index contributed by atoms with van der Waals surface area (Å²) in [6.45, 7) is 1.22. The van der Waals surface area contributed by atoms with Crippen molar-refractivity contribution in [3.05, 3.63) is 42.0 Å². The van der Waals surface area contributed by atoms with Crippen LogP contribution in [0.4, 0.5) is 0 Å². The van der Waals surface area contributed by atoms with Gasteiger partial charge in [-0.05, 0) is 31.7 Å². The molecule has 0 amide bonds. The molecule has 1 aromatic heterocycles. The van der Waals surface area contributed by atoms with Crippen molar-refractivity contribution < 1.29 is 4.74 Å².